The van der Waals surface area contributed by atoms with E-state index in [4.69, 9.17) is 0 Å². The maximum absolute atomic E-state index is 2.52. The van der Waals surface area contributed by atoms with Crippen LogP contribution in [0.3, 0.4) is 0 Å². The van der Waals surface area contributed by atoms with Crippen molar-refractivity contribution in [2.75, 3.05) is 0 Å². The molecule has 4 unspecified atom stereocenters. The van der Waals surface area contributed by atoms with Crippen LogP contribution in [0.1, 0.15) is 26.2 Å². The van der Waals surface area contributed by atoms with Crippen molar-refractivity contribution in [1.82, 2.24) is 0 Å². The van der Waals surface area contributed by atoms with Crippen molar-refractivity contribution in [3.05, 3.63) is 24.3 Å². The zero-order chi connectivity index (χ0) is 8.18. The summed E-state index contributed by atoms with van der Waals surface area (Å²) in [5.41, 5.74) is 0.610. The molecule has 0 heteroatoms. The largest absolute Gasteiger partial charge is 0.0879 e. The highest BCUT2D eigenvalue weighted by Crippen LogP contribution is 2.61. The molecule has 0 N–H and O–H groups in total. The Labute approximate surface area is 74.4 Å². The van der Waals surface area contributed by atoms with Crippen molar-refractivity contribution >= 4 is 0 Å². The predicted octanol–water partition coefficient (Wildman–Crippen LogP) is 3.16. The summed E-state index contributed by atoms with van der Waals surface area (Å²) >= 11 is 0. The fourth-order valence-electron chi connectivity index (χ4n) is 3.69. The molecule has 12 heavy (non-hydrogen) atoms. The van der Waals surface area contributed by atoms with Crippen molar-refractivity contribution in [2.24, 2.45) is 23.2 Å². The van der Waals surface area contributed by atoms with E-state index in [9.17, 15) is 0 Å². The van der Waals surface area contributed by atoms with Crippen molar-refractivity contribution in [2.45, 2.75) is 26.2 Å². The van der Waals surface area contributed by atoms with Crippen LogP contribution < -0.4 is 0 Å². The Morgan fingerprint density at radius 2 is 2.33 bits per heavy atom. The van der Waals surface area contributed by atoms with Gasteiger partial charge in [0.2, 0.25) is 0 Å². The van der Waals surface area contributed by atoms with Crippen LogP contribution in [-0.4, -0.2) is 0 Å². The molecule has 0 nitrogen and oxygen atoms in total. The molecule has 0 aromatic carbocycles. The Bertz CT molecular complexity index is 261. The third-order valence-corrected chi connectivity index (χ3v) is 4.40. The first kappa shape index (κ1) is 6.94. The molecule has 4 atom stereocenters. The highest BCUT2D eigenvalue weighted by molar-refractivity contribution is 5.27. The van der Waals surface area contributed by atoms with Gasteiger partial charge in [-0.1, -0.05) is 31.2 Å². The third-order valence-electron chi connectivity index (χ3n) is 4.40. The first-order chi connectivity index (χ1) is 5.86. The van der Waals surface area contributed by atoms with Crippen LogP contribution >= 0.6 is 0 Å². The van der Waals surface area contributed by atoms with Crippen molar-refractivity contribution < 1.29 is 0 Å². The first-order valence-electron chi connectivity index (χ1n) is 5.22. The maximum Gasteiger partial charge on any atom is -0.00779 e. The van der Waals surface area contributed by atoms with Gasteiger partial charge in [0.1, 0.15) is 0 Å². The minimum Gasteiger partial charge on any atom is -0.0879 e. The Hall–Kier alpha value is -0.520. The summed E-state index contributed by atoms with van der Waals surface area (Å²) in [6, 6.07) is 0. The predicted molar refractivity (Wildman–Crippen MR) is 50.7 cm³/mol. The summed E-state index contributed by atoms with van der Waals surface area (Å²) in [5, 5.41) is 0. The van der Waals surface area contributed by atoms with Gasteiger partial charge in [0.15, 0.2) is 0 Å². The van der Waals surface area contributed by atoms with Crippen molar-refractivity contribution in [3.63, 3.8) is 0 Å². The highest BCUT2D eigenvalue weighted by Gasteiger charge is 2.53. The minimum atomic E-state index is 0.610. The normalized spacial score (nSPS) is 53.6. The van der Waals surface area contributed by atoms with Crippen molar-refractivity contribution in [1.29, 1.82) is 0 Å². The fraction of sp³-hybridized carbons (Fsp3) is 0.667. The van der Waals surface area contributed by atoms with Gasteiger partial charge >= 0.3 is 0 Å². The molecule has 0 aromatic heterocycles. The summed E-state index contributed by atoms with van der Waals surface area (Å²) in [6.45, 7) is 2.35. The van der Waals surface area contributed by atoms with E-state index in [-0.39, 0.29) is 0 Å². The van der Waals surface area contributed by atoms with E-state index in [1.54, 1.807) is 0 Å². The smallest absolute Gasteiger partial charge is 0.00779 e. The van der Waals surface area contributed by atoms with E-state index >= 15 is 0 Å². The van der Waals surface area contributed by atoms with Gasteiger partial charge in [-0.2, -0.15) is 0 Å². The van der Waals surface area contributed by atoms with Gasteiger partial charge in [0.25, 0.3) is 0 Å². The fourth-order valence-corrected chi connectivity index (χ4v) is 3.69. The summed E-state index contributed by atoms with van der Waals surface area (Å²) in [4.78, 5) is 0. The molecule has 0 saturated heterocycles. The highest BCUT2D eigenvalue weighted by atomic mass is 14.6. The molecule has 3 rings (SSSR count). The third kappa shape index (κ3) is 0.608. The molecule has 0 heterocycles. The first-order valence-corrected chi connectivity index (χ1v) is 5.22. The lowest BCUT2D eigenvalue weighted by Crippen LogP contribution is -2.24. The van der Waals surface area contributed by atoms with Gasteiger partial charge in [-0.05, 0) is 42.4 Å². The van der Waals surface area contributed by atoms with Gasteiger partial charge in [-0.3, -0.25) is 0 Å². The number of hydrogen-bond donors (Lipinski definition) is 0. The number of fused-ring (bicyclic) bond motifs is 5. The average Bonchev–Trinajstić information content (AvgIpc) is 2.76. The van der Waals surface area contributed by atoms with E-state index in [0.29, 0.717) is 5.41 Å². The van der Waals surface area contributed by atoms with Crippen molar-refractivity contribution in [3.8, 4) is 0 Å². The van der Waals surface area contributed by atoms with Crippen LogP contribution in [0.2, 0.25) is 0 Å². The van der Waals surface area contributed by atoms with Crippen LogP contribution in [-0.2, 0) is 0 Å². The van der Waals surface area contributed by atoms with Crippen LogP contribution in [0.5, 0.6) is 0 Å². The van der Waals surface area contributed by atoms with Crippen LogP contribution in [0, 0.1) is 23.2 Å². The molecule has 2 bridgehead atoms. The van der Waals surface area contributed by atoms with E-state index in [1.807, 2.05) is 0 Å². The Kier molecular flexibility index (Phi) is 1.18. The molecule has 1 fully saturated rings. The molecular weight excluding hydrogens is 144 g/mol. The average molecular weight is 160 g/mol. The summed E-state index contributed by atoms with van der Waals surface area (Å²) in [6.07, 6.45) is 14.0. The standard InChI is InChI=1S/C12H16/c1-2-12-7-6-9(8-12)10-4-3-5-11(10)12/h3-4,6-7,9-11H,2,5,8H2,1H3. The number of allylic oxidation sites excluding steroid dienone is 4. The lowest BCUT2D eigenvalue weighted by molar-refractivity contribution is 0.251. The lowest BCUT2D eigenvalue weighted by Gasteiger charge is -2.31. The Morgan fingerprint density at radius 3 is 3.17 bits per heavy atom. The van der Waals surface area contributed by atoms with Gasteiger partial charge in [0, 0.05) is 0 Å². The summed E-state index contributed by atoms with van der Waals surface area (Å²) < 4.78 is 0. The zero-order valence-electron chi connectivity index (χ0n) is 7.66. The second-order valence-electron chi connectivity index (χ2n) is 4.66. The second-order valence-corrected chi connectivity index (χ2v) is 4.66. The molecule has 0 amide bonds. The second kappa shape index (κ2) is 2.04. The van der Waals surface area contributed by atoms with E-state index in [2.05, 4.69) is 31.2 Å². The Morgan fingerprint density at radius 1 is 1.42 bits per heavy atom. The molecule has 0 spiro atoms. The van der Waals surface area contributed by atoms with Gasteiger partial charge in [-0.25, -0.2) is 0 Å². The van der Waals surface area contributed by atoms with E-state index in [0.717, 1.165) is 17.8 Å². The number of hydrogen-bond acceptors (Lipinski definition) is 0. The SMILES string of the molecule is CCC12C=CC(C1)C1C=CCC12. The topological polar surface area (TPSA) is 0 Å². The van der Waals surface area contributed by atoms with Crippen LogP contribution in [0.4, 0.5) is 0 Å². The summed E-state index contributed by atoms with van der Waals surface area (Å²) in [5.74, 6) is 2.78. The molecule has 3 aliphatic rings. The number of rotatable bonds is 1. The van der Waals surface area contributed by atoms with Crippen LogP contribution in [0.15, 0.2) is 24.3 Å². The molecule has 0 radical (unpaired) electrons. The van der Waals surface area contributed by atoms with E-state index in [1.165, 1.54) is 19.3 Å². The molecular formula is C12H16. The zero-order valence-corrected chi connectivity index (χ0v) is 7.66. The molecule has 1 saturated carbocycles. The lowest BCUT2D eigenvalue weighted by atomic mass is 9.73. The monoisotopic (exact) mass is 160 g/mol. The molecule has 0 aliphatic heterocycles. The van der Waals surface area contributed by atoms with Crippen LogP contribution in [0.25, 0.3) is 0 Å². The molecule has 3 aliphatic carbocycles. The quantitative estimate of drug-likeness (QED) is 0.517. The maximum atomic E-state index is 2.52. The van der Waals surface area contributed by atoms with E-state index < -0.39 is 0 Å². The molecule has 64 valence electrons. The van der Waals surface area contributed by atoms with Gasteiger partial charge < -0.3 is 0 Å². The summed E-state index contributed by atoms with van der Waals surface area (Å²) in [7, 11) is 0. The minimum absolute atomic E-state index is 0.610. The Balaban J connectivity index is 2.03. The van der Waals surface area contributed by atoms with Gasteiger partial charge in [0.05, 0.1) is 0 Å². The molecule has 0 aromatic rings. The van der Waals surface area contributed by atoms with Gasteiger partial charge in [-0.15, -0.1) is 0 Å².